The van der Waals surface area contributed by atoms with Crippen molar-refractivity contribution < 1.29 is 9.53 Å². The number of nitrogens with one attached hydrogen (secondary N) is 1. The molecule has 26 heavy (non-hydrogen) atoms. The SMILES string of the molecule is C[C@H]1CN(CCNC(=O)c2nc(N3CCCCC3)ncc2Cl)C[C@H](C)O1. The smallest absolute Gasteiger partial charge is 0.271 e. The van der Waals surface area contributed by atoms with E-state index < -0.39 is 0 Å². The minimum Gasteiger partial charge on any atom is -0.373 e. The number of morpholine rings is 1. The van der Waals surface area contributed by atoms with Crippen LogP contribution in [0.3, 0.4) is 0 Å². The van der Waals surface area contributed by atoms with E-state index in [1.165, 1.54) is 12.6 Å². The van der Waals surface area contributed by atoms with Crippen molar-refractivity contribution in [2.75, 3.05) is 44.2 Å². The summed E-state index contributed by atoms with van der Waals surface area (Å²) in [6.45, 7) is 9.10. The maximum atomic E-state index is 12.5. The predicted octanol–water partition coefficient (Wildman–Crippen LogP) is 1.96. The van der Waals surface area contributed by atoms with Gasteiger partial charge in [-0.1, -0.05) is 11.6 Å². The van der Waals surface area contributed by atoms with Crippen molar-refractivity contribution in [3.63, 3.8) is 0 Å². The van der Waals surface area contributed by atoms with E-state index in [1.807, 2.05) is 0 Å². The monoisotopic (exact) mass is 381 g/mol. The summed E-state index contributed by atoms with van der Waals surface area (Å²) in [6, 6.07) is 0. The lowest BCUT2D eigenvalue weighted by Gasteiger charge is -2.35. The molecular weight excluding hydrogens is 354 g/mol. The summed E-state index contributed by atoms with van der Waals surface area (Å²) in [5.74, 6) is 0.347. The van der Waals surface area contributed by atoms with Gasteiger partial charge < -0.3 is 15.0 Å². The normalized spacial score (nSPS) is 24.5. The maximum Gasteiger partial charge on any atom is 0.271 e. The lowest BCUT2D eigenvalue weighted by atomic mass is 10.1. The number of halogens is 1. The first-order valence-corrected chi connectivity index (χ1v) is 9.84. The van der Waals surface area contributed by atoms with Crippen LogP contribution in [0, 0.1) is 0 Å². The summed E-state index contributed by atoms with van der Waals surface area (Å²) < 4.78 is 5.73. The number of carbonyl (C=O) groups excluding carboxylic acids is 1. The average Bonchev–Trinajstić information content (AvgIpc) is 2.62. The molecule has 1 N–H and O–H groups in total. The number of aromatic nitrogens is 2. The molecule has 2 atom stereocenters. The van der Waals surface area contributed by atoms with Gasteiger partial charge >= 0.3 is 0 Å². The lowest BCUT2D eigenvalue weighted by molar-refractivity contribution is -0.0672. The Morgan fingerprint density at radius 1 is 1.27 bits per heavy atom. The van der Waals surface area contributed by atoms with Crippen molar-refractivity contribution in [3.05, 3.63) is 16.9 Å². The van der Waals surface area contributed by atoms with Crippen LogP contribution in [-0.2, 0) is 4.74 Å². The molecule has 2 aliphatic heterocycles. The molecule has 1 amide bonds. The highest BCUT2D eigenvalue weighted by molar-refractivity contribution is 6.33. The average molecular weight is 382 g/mol. The Kier molecular flexibility index (Phi) is 6.67. The number of carbonyl (C=O) groups is 1. The summed E-state index contributed by atoms with van der Waals surface area (Å²) in [5.41, 5.74) is 0.256. The molecule has 144 valence electrons. The Morgan fingerprint density at radius 3 is 2.65 bits per heavy atom. The molecule has 0 aromatic carbocycles. The quantitative estimate of drug-likeness (QED) is 0.840. The fraction of sp³-hybridized carbons (Fsp3) is 0.722. The largest absolute Gasteiger partial charge is 0.373 e. The van der Waals surface area contributed by atoms with E-state index in [1.54, 1.807) is 0 Å². The Labute approximate surface area is 160 Å². The van der Waals surface area contributed by atoms with Crippen molar-refractivity contribution in [1.82, 2.24) is 20.2 Å². The van der Waals surface area contributed by atoms with Crippen LogP contribution in [0.1, 0.15) is 43.6 Å². The number of hydrogen-bond acceptors (Lipinski definition) is 6. The number of piperidine rings is 1. The standard InChI is InChI=1S/C18H28ClN5O2/c1-13-11-23(12-14(2)26-13)9-6-20-17(25)16-15(19)10-21-18(22-16)24-7-4-3-5-8-24/h10,13-14H,3-9,11-12H2,1-2H3,(H,20,25)/t13-,14-/m0/s1. The van der Waals surface area contributed by atoms with E-state index in [9.17, 15) is 4.79 Å². The van der Waals surface area contributed by atoms with Gasteiger partial charge in [-0.05, 0) is 33.1 Å². The van der Waals surface area contributed by atoms with Crippen LogP contribution in [0.15, 0.2) is 6.20 Å². The second kappa shape index (κ2) is 8.97. The summed E-state index contributed by atoms with van der Waals surface area (Å²) in [4.78, 5) is 25.7. The molecule has 0 spiro atoms. The zero-order chi connectivity index (χ0) is 18.5. The first kappa shape index (κ1) is 19.3. The van der Waals surface area contributed by atoms with Gasteiger partial charge in [0.15, 0.2) is 5.69 Å². The van der Waals surface area contributed by atoms with E-state index in [-0.39, 0.29) is 28.8 Å². The minimum absolute atomic E-state index is 0.220. The summed E-state index contributed by atoms with van der Waals surface area (Å²) in [6.07, 6.45) is 5.46. The molecule has 7 nitrogen and oxygen atoms in total. The highest BCUT2D eigenvalue weighted by Gasteiger charge is 2.22. The van der Waals surface area contributed by atoms with Gasteiger partial charge in [-0.2, -0.15) is 0 Å². The zero-order valence-corrected chi connectivity index (χ0v) is 16.3. The fourth-order valence-corrected chi connectivity index (χ4v) is 3.82. The highest BCUT2D eigenvalue weighted by Crippen LogP contribution is 2.19. The van der Waals surface area contributed by atoms with Crippen molar-refractivity contribution in [3.8, 4) is 0 Å². The third-order valence-electron chi connectivity index (χ3n) is 4.79. The Balaban J connectivity index is 1.55. The van der Waals surface area contributed by atoms with Crippen LogP contribution >= 0.6 is 11.6 Å². The van der Waals surface area contributed by atoms with E-state index in [0.29, 0.717) is 12.5 Å². The van der Waals surface area contributed by atoms with Crippen LogP contribution in [0.4, 0.5) is 5.95 Å². The van der Waals surface area contributed by atoms with E-state index in [4.69, 9.17) is 16.3 Å². The van der Waals surface area contributed by atoms with Crippen molar-refractivity contribution in [2.24, 2.45) is 0 Å². The molecule has 0 bridgehead atoms. The number of hydrogen-bond donors (Lipinski definition) is 1. The van der Waals surface area contributed by atoms with Gasteiger partial charge in [0.05, 0.1) is 23.4 Å². The van der Waals surface area contributed by atoms with Gasteiger partial charge in [0.2, 0.25) is 5.95 Å². The van der Waals surface area contributed by atoms with Crippen LogP contribution < -0.4 is 10.2 Å². The Hall–Kier alpha value is -1.44. The van der Waals surface area contributed by atoms with Crippen LogP contribution in [0.2, 0.25) is 5.02 Å². The first-order valence-electron chi connectivity index (χ1n) is 9.46. The summed E-state index contributed by atoms with van der Waals surface area (Å²) >= 11 is 6.16. The molecule has 2 fully saturated rings. The molecule has 0 radical (unpaired) electrons. The predicted molar refractivity (Wildman–Crippen MR) is 102 cm³/mol. The van der Waals surface area contributed by atoms with Crippen molar-refractivity contribution in [2.45, 2.75) is 45.3 Å². The number of anilines is 1. The minimum atomic E-state index is -0.245. The maximum absolute atomic E-state index is 12.5. The Bertz CT molecular complexity index is 614. The Morgan fingerprint density at radius 2 is 1.96 bits per heavy atom. The van der Waals surface area contributed by atoms with Crippen LogP contribution in [0.5, 0.6) is 0 Å². The van der Waals surface area contributed by atoms with Gasteiger partial charge in [0.1, 0.15) is 0 Å². The number of amides is 1. The molecule has 3 rings (SSSR count). The van der Waals surface area contributed by atoms with Gasteiger partial charge in [0.25, 0.3) is 5.91 Å². The fourth-order valence-electron chi connectivity index (χ4n) is 3.64. The molecule has 1 aromatic heterocycles. The molecule has 2 saturated heterocycles. The van der Waals surface area contributed by atoms with Crippen molar-refractivity contribution >= 4 is 23.5 Å². The number of nitrogens with zero attached hydrogens (tertiary/aromatic N) is 4. The van der Waals surface area contributed by atoms with E-state index in [0.717, 1.165) is 45.6 Å². The third-order valence-corrected chi connectivity index (χ3v) is 5.07. The summed E-state index contributed by atoms with van der Waals surface area (Å²) in [5, 5.41) is 3.22. The lowest BCUT2D eigenvalue weighted by Crippen LogP contribution is -2.47. The third kappa shape index (κ3) is 5.05. The molecule has 0 saturated carbocycles. The number of rotatable bonds is 5. The van der Waals surface area contributed by atoms with Crippen molar-refractivity contribution in [1.29, 1.82) is 0 Å². The van der Waals surface area contributed by atoms with E-state index in [2.05, 4.69) is 38.9 Å². The molecular formula is C18H28ClN5O2. The molecule has 0 unspecified atom stereocenters. The van der Waals surface area contributed by atoms with Gasteiger partial charge in [-0.25, -0.2) is 9.97 Å². The second-order valence-electron chi connectivity index (χ2n) is 7.19. The van der Waals surface area contributed by atoms with Gasteiger partial charge in [0, 0.05) is 39.3 Å². The van der Waals surface area contributed by atoms with Crippen LogP contribution in [0.25, 0.3) is 0 Å². The second-order valence-corrected chi connectivity index (χ2v) is 7.59. The molecule has 0 aliphatic carbocycles. The summed E-state index contributed by atoms with van der Waals surface area (Å²) in [7, 11) is 0. The zero-order valence-electron chi connectivity index (χ0n) is 15.6. The van der Waals surface area contributed by atoms with Crippen LogP contribution in [-0.4, -0.2) is 72.3 Å². The van der Waals surface area contributed by atoms with Gasteiger partial charge in [-0.3, -0.25) is 9.69 Å². The van der Waals surface area contributed by atoms with Gasteiger partial charge in [-0.15, -0.1) is 0 Å². The highest BCUT2D eigenvalue weighted by atomic mass is 35.5. The molecule has 1 aromatic rings. The molecule has 2 aliphatic rings. The molecule has 8 heteroatoms. The first-order chi connectivity index (χ1) is 12.5. The van der Waals surface area contributed by atoms with E-state index >= 15 is 0 Å². The topological polar surface area (TPSA) is 70.6 Å². The molecule has 3 heterocycles. The number of ether oxygens (including phenoxy) is 1.